The topological polar surface area (TPSA) is 51.1 Å². The Bertz CT molecular complexity index is 807. The second-order valence-electron chi connectivity index (χ2n) is 5.87. The van der Waals surface area contributed by atoms with Crippen molar-refractivity contribution in [1.82, 2.24) is 4.90 Å². The Morgan fingerprint density at radius 1 is 1.15 bits per heavy atom. The molecule has 0 spiro atoms. The zero-order valence-electron chi connectivity index (χ0n) is 15.0. The molecule has 136 valence electrons. The molecule has 5 nitrogen and oxygen atoms in total. The summed E-state index contributed by atoms with van der Waals surface area (Å²) in [6, 6.07) is 15.2. The lowest BCUT2D eigenvalue weighted by Gasteiger charge is -2.28. The van der Waals surface area contributed by atoms with Gasteiger partial charge in [0, 0.05) is 12.3 Å². The smallest absolute Gasteiger partial charge is 0.266 e. The summed E-state index contributed by atoms with van der Waals surface area (Å²) in [5, 5.41) is 0.735. The first-order chi connectivity index (χ1) is 12.7. The Morgan fingerprint density at radius 2 is 1.88 bits per heavy atom. The minimum absolute atomic E-state index is 0.0479. The summed E-state index contributed by atoms with van der Waals surface area (Å²) < 4.78 is 10.9. The zero-order chi connectivity index (χ0) is 18.4. The second-order valence-corrected chi connectivity index (χ2v) is 6.93. The van der Waals surface area contributed by atoms with Crippen LogP contribution in [-0.4, -0.2) is 42.0 Å². The molecule has 0 N–H and O–H groups in total. The summed E-state index contributed by atoms with van der Waals surface area (Å²) in [6.07, 6.45) is 0.942. The highest BCUT2D eigenvalue weighted by Crippen LogP contribution is 2.27. The largest absolute Gasteiger partial charge is 0.493 e. The highest BCUT2D eigenvalue weighted by Gasteiger charge is 2.24. The van der Waals surface area contributed by atoms with E-state index < -0.39 is 0 Å². The number of aliphatic imine (C=N–C) groups is 1. The van der Waals surface area contributed by atoms with Crippen molar-refractivity contribution in [2.24, 2.45) is 4.99 Å². The van der Waals surface area contributed by atoms with Gasteiger partial charge in [0.2, 0.25) is 0 Å². The Hall–Kier alpha value is -2.47. The summed E-state index contributed by atoms with van der Waals surface area (Å²) in [5.41, 5.74) is 1.98. The SMILES string of the molecule is COc1ccccc1OCC(=O)N1CCCSC1=Nc1ccccc1C. The van der Waals surface area contributed by atoms with Gasteiger partial charge in [-0.05, 0) is 37.1 Å². The van der Waals surface area contributed by atoms with E-state index in [-0.39, 0.29) is 12.5 Å². The van der Waals surface area contributed by atoms with Gasteiger partial charge in [0.15, 0.2) is 23.3 Å². The van der Waals surface area contributed by atoms with Gasteiger partial charge in [-0.25, -0.2) is 4.99 Å². The molecule has 0 saturated carbocycles. The standard InChI is InChI=1S/C20H22N2O3S/c1-15-8-3-4-9-16(15)21-20-22(12-7-13-26-20)19(23)14-25-18-11-6-5-10-17(18)24-2/h3-6,8-11H,7,12-14H2,1-2H3. The van der Waals surface area contributed by atoms with Crippen molar-refractivity contribution < 1.29 is 14.3 Å². The van der Waals surface area contributed by atoms with Crippen LogP contribution < -0.4 is 9.47 Å². The van der Waals surface area contributed by atoms with Gasteiger partial charge in [0.25, 0.3) is 5.91 Å². The van der Waals surface area contributed by atoms with Gasteiger partial charge in [-0.1, -0.05) is 42.1 Å². The Balaban J connectivity index is 1.73. The third-order valence-corrected chi connectivity index (χ3v) is 5.10. The average Bonchev–Trinajstić information content (AvgIpc) is 2.68. The molecule has 1 aliphatic heterocycles. The van der Waals surface area contributed by atoms with E-state index in [9.17, 15) is 4.79 Å². The van der Waals surface area contributed by atoms with Crippen LogP contribution in [0.25, 0.3) is 0 Å². The number of aryl methyl sites for hydroxylation is 1. The molecular formula is C20H22N2O3S. The van der Waals surface area contributed by atoms with Crippen molar-refractivity contribution in [1.29, 1.82) is 0 Å². The number of carbonyl (C=O) groups is 1. The molecule has 6 heteroatoms. The predicted molar refractivity (Wildman–Crippen MR) is 106 cm³/mol. The molecule has 1 fully saturated rings. The molecule has 3 rings (SSSR count). The Labute approximate surface area is 158 Å². The molecule has 2 aromatic carbocycles. The maximum Gasteiger partial charge on any atom is 0.266 e. The lowest BCUT2D eigenvalue weighted by Crippen LogP contribution is -2.41. The van der Waals surface area contributed by atoms with Crippen molar-refractivity contribution in [3.05, 3.63) is 54.1 Å². The van der Waals surface area contributed by atoms with Crippen LogP contribution in [0.5, 0.6) is 11.5 Å². The quantitative estimate of drug-likeness (QED) is 0.797. The zero-order valence-corrected chi connectivity index (χ0v) is 15.8. The minimum Gasteiger partial charge on any atom is -0.493 e. The number of carbonyl (C=O) groups excluding carboxylic acids is 1. The number of rotatable bonds is 5. The number of nitrogens with zero attached hydrogens (tertiary/aromatic N) is 2. The van der Waals surface area contributed by atoms with E-state index in [1.54, 1.807) is 29.8 Å². The molecule has 0 unspecified atom stereocenters. The van der Waals surface area contributed by atoms with Crippen LogP contribution in [-0.2, 0) is 4.79 Å². The maximum atomic E-state index is 12.7. The fraction of sp³-hybridized carbons (Fsp3) is 0.300. The third kappa shape index (κ3) is 4.38. The van der Waals surface area contributed by atoms with Crippen LogP contribution in [0.15, 0.2) is 53.5 Å². The number of hydrogen-bond donors (Lipinski definition) is 0. The molecule has 0 aliphatic carbocycles. The van der Waals surface area contributed by atoms with Crippen molar-refractivity contribution in [2.45, 2.75) is 13.3 Å². The van der Waals surface area contributed by atoms with Crippen LogP contribution in [0, 0.1) is 6.92 Å². The van der Waals surface area contributed by atoms with Crippen molar-refractivity contribution >= 4 is 28.5 Å². The molecule has 2 aromatic rings. The van der Waals surface area contributed by atoms with E-state index in [1.165, 1.54) is 0 Å². The summed E-state index contributed by atoms with van der Waals surface area (Å²) in [4.78, 5) is 19.2. The Morgan fingerprint density at radius 3 is 2.65 bits per heavy atom. The number of para-hydroxylation sites is 3. The molecule has 1 amide bonds. The van der Waals surface area contributed by atoms with Crippen LogP contribution >= 0.6 is 11.8 Å². The highest BCUT2D eigenvalue weighted by atomic mass is 32.2. The van der Waals surface area contributed by atoms with Crippen molar-refractivity contribution in [2.75, 3.05) is 26.0 Å². The van der Waals surface area contributed by atoms with Crippen LogP contribution in [0.2, 0.25) is 0 Å². The summed E-state index contributed by atoms with van der Waals surface area (Å²) in [5.74, 6) is 2.03. The van der Waals surface area contributed by atoms with E-state index >= 15 is 0 Å². The molecule has 26 heavy (non-hydrogen) atoms. The minimum atomic E-state index is -0.101. The van der Waals surface area contributed by atoms with Gasteiger partial charge in [-0.15, -0.1) is 0 Å². The number of methoxy groups -OCH3 is 1. The van der Waals surface area contributed by atoms with E-state index in [0.29, 0.717) is 18.0 Å². The molecule has 1 saturated heterocycles. The van der Waals surface area contributed by atoms with Gasteiger partial charge in [-0.3, -0.25) is 9.69 Å². The summed E-state index contributed by atoms with van der Waals surface area (Å²) in [6.45, 7) is 2.63. The molecule has 1 heterocycles. The van der Waals surface area contributed by atoms with Gasteiger partial charge in [0.05, 0.1) is 12.8 Å². The van der Waals surface area contributed by atoms with Crippen molar-refractivity contribution in [3.63, 3.8) is 0 Å². The Kier molecular flexibility index (Phi) is 6.17. The number of ether oxygens (including phenoxy) is 2. The molecule has 0 aromatic heterocycles. The molecule has 0 radical (unpaired) electrons. The first kappa shape index (κ1) is 18.3. The first-order valence-electron chi connectivity index (χ1n) is 8.52. The van der Waals surface area contributed by atoms with Crippen LogP contribution in [0.1, 0.15) is 12.0 Å². The fourth-order valence-corrected chi connectivity index (χ4v) is 3.60. The number of amidine groups is 1. The number of amides is 1. The maximum absolute atomic E-state index is 12.7. The summed E-state index contributed by atoms with van der Waals surface area (Å²) >= 11 is 1.61. The van der Waals surface area contributed by atoms with Gasteiger partial charge in [0.1, 0.15) is 0 Å². The van der Waals surface area contributed by atoms with E-state index in [4.69, 9.17) is 14.5 Å². The summed E-state index contributed by atoms with van der Waals surface area (Å²) in [7, 11) is 1.58. The van der Waals surface area contributed by atoms with E-state index in [2.05, 4.69) is 0 Å². The first-order valence-corrected chi connectivity index (χ1v) is 9.51. The second kappa shape index (κ2) is 8.76. The van der Waals surface area contributed by atoms with Gasteiger partial charge in [-0.2, -0.15) is 0 Å². The molecule has 0 bridgehead atoms. The van der Waals surface area contributed by atoms with Crippen LogP contribution in [0.3, 0.4) is 0 Å². The van der Waals surface area contributed by atoms with E-state index in [1.807, 2.05) is 49.4 Å². The number of thioether (sulfide) groups is 1. The van der Waals surface area contributed by atoms with Gasteiger partial charge >= 0.3 is 0 Å². The number of benzene rings is 2. The predicted octanol–water partition coefficient (Wildman–Crippen LogP) is 4.04. The average molecular weight is 370 g/mol. The van der Waals surface area contributed by atoms with Gasteiger partial charge < -0.3 is 9.47 Å². The molecular weight excluding hydrogens is 348 g/mol. The normalized spacial score (nSPS) is 15.8. The lowest BCUT2D eigenvalue weighted by molar-refractivity contribution is -0.129. The monoisotopic (exact) mass is 370 g/mol. The van der Waals surface area contributed by atoms with Crippen LogP contribution in [0.4, 0.5) is 5.69 Å². The molecule has 1 aliphatic rings. The highest BCUT2D eigenvalue weighted by molar-refractivity contribution is 8.13. The third-order valence-electron chi connectivity index (χ3n) is 4.04. The van der Waals surface area contributed by atoms with Crippen molar-refractivity contribution in [3.8, 4) is 11.5 Å². The number of hydrogen-bond acceptors (Lipinski definition) is 5. The fourth-order valence-electron chi connectivity index (χ4n) is 2.63. The molecule has 0 atom stereocenters. The van der Waals surface area contributed by atoms with E-state index in [0.717, 1.165) is 28.6 Å². The lowest BCUT2D eigenvalue weighted by atomic mass is 10.2.